The molecule has 0 saturated carbocycles. The molecule has 0 spiro atoms. The molecule has 3 aromatic rings. The van der Waals surface area contributed by atoms with Crippen molar-refractivity contribution in [2.75, 3.05) is 5.73 Å². The van der Waals surface area contributed by atoms with Crippen molar-refractivity contribution in [1.29, 1.82) is 0 Å². The molecule has 0 saturated heterocycles. The molecule has 0 unspecified atom stereocenters. The normalized spacial score (nSPS) is 11.0. The molecule has 2 aromatic heterocycles. The maximum atomic E-state index is 6.17. The lowest BCUT2D eigenvalue weighted by atomic mass is 10.1. The van der Waals surface area contributed by atoms with Crippen LogP contribution in [0.1, 0.15) is 0 Å². The Hall–Kier alpha value is -1.33. The standard InChI is InChI=1S/C13H9Br2N3/c14-9-5-2-1-4-8(9)11-12(16)18-7-3-6-10(15)13(18)17-11/h1-7H,16H2. The highest BCUT2D eigenvalue weighted by Gasteiger charge is 2.14. The van der Waals surface area contributed by atoms with E-state index in [1.807, 2.05) is 47.0 Å². The molecule has 0 aliphatic heterocycles. The monoisotopic (exact) mass is 365 g/mol. The predicted octanol–water partition coefficient (Wildman–Crippen LogP) is 4.11. The molecule has 0 aliphatic carbocycles. The number of hydrogen-bond donors (Lipinski definition) is 1. The van der Waals surface area contributed by atoms with E-state index < -0.39 is 0 Å². The van der Waals surface area contributed by atoms with Crippen molar-refractivity contribution in [2.24, 2.45) is 0 Å². The van der Waals surface area contributed by atoms with Gasteiger partial charge in [0.2, 0.25) is 0 Å². The average molecular weight is 367 g/mol. The third-order valence-electron chi connectivity index (χ3n) is 2.77. The topological polar surface area (TPSA) is 43.3 Å². The molecule has 90 valence electrons. The van der Waals surface area contributed by atoms with Gasteiger partial charge >= 0.3 is 0 Å². The predicted molar refractivity (Wildman–Crippen MR) is 80.4 cm³/mol. The first-order valence-electron chi connectivity index (χ1n) is 5.35. The van der Waals surface area contributed by atoms with Gasteiger partial charge in [-0.3, -0.25) is 4.40 Å². The van der Waals surface area contributed by atoms with Gasteiger partial charge in [-0.15, -0.1) is 0 Å². The van der Waals surface area contributed by atoms with Gasteiger partial charge in [0, 0.05) is 16.2 Å². The molecule has 0 atom stereocenters. The Kier molecular flexibility index (Phi) is 2.87. The zero-order valence-electron chi connectivity index (χ0n) is 9.27. The largest absolute Gasteiger partial charge is 0.383 e. The number of halogens is 2. The molecule has 2 N–H and O–H groups in total. The lowest BCUT2D eigenvalue weighted by Crippen LogP contribution is -1.94. The number of nitrogens with zero attached hydrogens (tertiary/aromatic N) is 2. The summed E-state index contributed by atoms with van der Waals surface area (Å²) in [4.78, 5) is 4.60. The third-order valence-corrected chi connectivity index (χ3v) is 4.08. The summed E-state index contributed by atoms with van der Waals surface area (Å²) in [6.45, 7) is 0. The molecule has 0 bridgehead atoms. The molecule has 3 rings (SSSR count). The van der Waals surface area contributed by atoms with Crippen molar-refractivity contribution < 1.29 is 0 Å². The number of fused-ring (bicyclic) bond motifs is 1. The zero-order chi connectivity index (χ0) is 12.7. The second-order valence-corrected chi connectivity index (χ2v) is 5.58. The number of aromatic nitrogens is 2. The van der Waals surface area contributed by atoms with Crippen LogP contribution in [0.5, 0.6) is 0 Å². The van der Waals surface area contributed by atoms with Gasteiger partial charge < -0.3 is 5.73 Å². The lowest BCUT2D eigenvalue weighted by molar-refractivity contribution is 1.19. The van der Waals surface area contributed by atoms with Crippen molar-refractivity contribution in [1.82, 2.24) is 9.38 Å². The van der Waals surface area contributed by atoms with E-state index in [9.17, 15) is 0 Å². The highest BCUT2D eigenvalue weighted by Crippen LogP contribution is 2.33. The third kappa shape index (κ3) is 1.74. The van der Waals surface area contributed by atoms with Crippen LogP contribution in [0.2, 0.25) is 0 Å². The van der Waals surface area contributed by atoms with E-state index in [-0.39, 0.29) is 0 Å². The van der Waals surface area contributed by atoms with Gasteiger partial charge in [-0.05, 0) is 34.1 Å². The van der Waals surface area contributed by atoms with E-state index in [1.165, 1.54) is 0 Å². The first-order valence-corrected chi connectivity index (χ1v) is 6.94. The van der Waals surface area contributed by atoms with Crippen LogP contribution in [-0.4, -0.2) is 9.38 Å². The Morgan fingerprint density at radius 1 is 1.00 bits per heavy atom. The van der Waals surface area contributed by atoms with Crippen LogP contribution in [0.15, 0.2) is 51.5 Å². The first-order chi connectivity index (χ1) is 8.68. The Bertz CT molecular complexity index is 734. The van der Waals surface area contributed by atoms with Gasteiger partial charge in [0.15, 0.2) is 5.65 Å². The molecule has 1 aromatic carbocycles. The summed E-state index contributed by atoms with van der Waals surface area (Å²) in [7, 11) is 0. The van der Waals surface area contributed by atoms with Crippen molar-refractivity contribution in [3.8, 4) is 11.3 Å². The van der Waals surface area contributed by atoms with Gasteiger partial charge in [-0.2, -0.15) is 0 Å². The van der Waals surface area contributed by atoms with Crippen molar-refractivity contribution >= 4 is 43.3 Å². The number of pyridine rings is 1. The second kappa shape index (κ2) is 4.40. The minimum absolute atomic E-state index is 0.637. The van der Waals surface area contributed by atoms with Gasteiger partial charge in [-0.1, -0.05) is 34.1 Å². The molecule has 2 heterocycles. The minimum Gasteiger partial charge on any atom is -0.383 e. The molecular weight excluding hydrogens is 358 g/mol. The van der Waals surface area contributed by atoms with Gasteiger partial charge in [-0.25, -0.2) is 4.98 Å². The van der Waals surface area contributed by atoms with E-state index >= 15 is 0 Å². The number of nitrogen functional groups attached to an aromatic ring is 1. The molecule has 3 nitrogen and oxygen atoms in total. The van der Waals surface area contributed by atoms with Crippen LogP contribution in [0, 0.1) is 0 Å². The summed E-state index contributed by atoms with van der Waals surface area (Å²) in [5.41, 5.74) is 8.77. The second-order valence-electron chi connectivity index (χ2n) is 3.88. The van der Waals surface area contributed by atoms with Gasteiger partial charge in [0.05, 0.1) is 4.47 Å². The number of rotatable bonds is 1. The molecule has 0 amide bonds. The van der Waals surface area contributed by atoms with E-state index in [0.29, 0.717) is 5.82 Å². The minimum atomic E-state index is 0.637. The summed E-state index contributed by atoms with van der Waals surface area (Å²) in [6.07, 6.45) is 1.91. The number of imidazole rings is 1. The zero-order valence-corrected chi connectivity index (χ0v) is 12.4. The smallest absolute Gasteiger partial charge is 0.153 e. The average Bonchev–Trinajstić information content (AvgIpc) is 2.70. The molecular formula is C13H9Br2N3. The van der Waals surface area contributed by atoms with E-state index in [0.717, 1.165) is 25.8 Å². The SMILES string of the molecule is Nc1c(-c2ccccc2Br)nc2c(Br)cccn12. The highest BCUT2D eigenvalue weighted by atomic mass is 79.9. The molecule has 0 fully saturated rings. The first kappa shape index (κ1) is 11.7. The fourth-order valence-electron chi connectivity index (χ4n) is 1.90. The summed E-state index contributed by atoms with van der Waals surface area (Å²) in [5.74, 6) is 0.637. The van der Waals surface area contributed by atoms with Crippen LogP contribution in [0.25, 0.3) is 16.9 Å². The van der Waals surface area contributed by atoms with Crippen LogP contribution < -0.4 is 5.73 Å². The van der Waals surface area contributed by atoms with Gasteiger partial charge in [0.1, 0.15) is 11.5 Å². The van der Waals surface area contributed by atoms with E-state index in [1.54, 1.807) is 0 Å². The molecule has 0 radical (unpaired) electrons. The number of nitrogens with two attached hydrogens (primary N) is 1. The Morgan fingerprint density at radius 2 is 1.72 bits per heavy atom. The highest BCUT2D eigenvalue weighted by molar-refractivity contribution is 9.11. The van der Waals surface area contributed by atoms with Crippen LogP contribution in [0.3, 0.4) is 0 Å². The Balaban J connectivity index is 2.35. The quantitative estimate of drug-likeness (QED) is 0.704. The summed E-state index contributed by atoms with van der Waals surface area (Å²) in [5, 5.41) is 0. The van der Waals surface area contributed by atoms with Gasteiger partial charge in [0.25, 0.3) is 0 Å². The van der Waals surface area contributed by atoms with Crippen LogP contribution in [0.4, 0.5) is 5.82 Å². The van der Waals surface area contributed by atoms with Crippen LogP contribution >= 0.6 is 31.9 Å². The maximum Gasteiger partial charge on any atom is 0.153 e. The Labute approximate surface area is 121 Å². The van der Waals surface area contributed by atoms with Crippen molar-refractivity contribution in [3.63, 3.8) is 0 Å². The van der Waals surface area contributed by atoms with Crippen LogP contribution in [-0.2, 0) is 0 Å². The number of hydrogen-bond acceptors (Lipinski definition) is 2. The van der Waals surface area contributed by atoms with E-state index in [2.05, 4.69) is 36.8 Å². The molecule has 18 heavy (non-hydrogen) atoms. The number of benzene rings is 1. The Morgan fingerprint density at radius 3 is 2.44 bits per heavy atom. The maximum absolute atomic E-state index is 6.17. The molecule has 0 aliphatic rings. The summed E-state index contributed by atoms with van der Waals surface area (Å²) < 4.78 is 3.78. The fourth-order valence-corrected chi connectivity index (χ4v) is 2.81. The summed E-state index contributed by atoms with van der Waals surface area (Å²) >= 11 is 7.01. The fraction of sp³-hybridized carbons (Fsp3) is 0. The van der Waals surface area contributed by atoms with Crippen molar-refractivity contribution in [2.45, 2.75) is 0 Å². The van der Waals surface area contributed by atoms with E-state index in [4.69, 9.17) is 5.73 Å². The number of anilines is 1. The molecule has 5 heteroatoms. The summed E-state index contributed by atoms with van der Waals surface area (Å²) in [6, 6.07) is 11.8. The lowest BCUT2D eigenvalue weighted by Gasteiger charge is -2.01. The van der Waals surface area contributed by atoms with Crippen molar-refractivity contribution in [3.05, 3.63) is 51.5 Å².